The molecule has 1 fully saturated rings. The van der Waals surface area contributed by atoms with E-state index >= 15 is 0 Å². The lowest BCUT2D eigenvalue weighted by Crippen LogP contribution is -2.44. The molecule has 1 unspecified atom stereocenters. The zero-order valence-corrected chi connectivity index (χ0v) is 16.3. The number of carboxylic acids is 1. The van der Waals surface area contributed by atoms with E-state index in [0.29, 0.717) is 17.2 Å². The van der Waals surface area contributed by atoms with Gasteiger partial charge >= 0.3 is 5.97 Å². The maximum atomic E-state index is 12.2. The third-order valence-electron chi connectivity index (χ3n) is 4.68. The maximum absolute atomic E-state index is 12.2. The Kier molecular flexibility index (Phi) is 7.20. The Labute approximate surface area is 159 Å². The molecule has 0 saturated heterocycles. The van der Waals surface area contributed by atoms with Gasteiger partial charge in [-0.05, 0) is 49.3 Å². The number of sulfonamides is 1. The highest BCUT2D eigenvalue weighted by Gasteiger charge is 2.27. The Hall–Kier alpha value is -2.13. The average molecular weight is 398 g/mol. The summed E-state index contributed by atoms with van der Waals surface area (Å²) in [7, 11) is -2.35. The zero-order chi connectivity index (χ0) is 20.0. The molecule has 0 heterocycles. The van der Waals surface area contributed by atoms with Crippen molar-refractivity contribution in [3.63, 3.8) is 0 Å². The van der Waals surface area contributed by atoms with Crippen LogP contribution in [0, 0.1) is 5.92 Å². The Balaban J connectivity index is 1.97. The predicted octanol–water partition coefficient (Wildman–Crippen LogP) is 1.44. The van der Waals surface area contributed by atoms with Gasteiger partial charge in [-0.1, -0.05) is 19.1 Å². The van der Waals surface area contributed by atoms with Crippen LogP contribution in [0.15, 0.2) is 24.3 Å². The van der Waals surface area contributed by atoms with E-state index in [-0.39, 0.29) is 6.04 Å². The summed E-state index contributed by atoms with van der Waals surface area (Å²) in [6, 6.07) is 4.64. The summed E-state index contributed by atoms with van der Waals surface area (Å²) in [5.41, 5.74) is 0.322. The van der Waals surface area contributed by atoms with E-state index in [1.165, 1.54) is 19.2 Å². The number of nitrogens with one attached hydrogen (secondary N) is 2. The van der Waals surface area contributed by atoms with Gasteiger partial charge in [0.25, 0.3) is 0 Å². The number of aliphatic carboxylic acids is 1. The molecule has 0 spiro atoms. The third kappa shape index (κ3) is 6.51. The summed E-state index contributed by atoms with van der Waals surface area (Å²) in [6.45, 7) is 2.13. The van der Waals surface area contributed by atoms with Crippen molar-refractivity contribution in [2.45, 2.75) is 44.7 Å². The van der Waals surface area contributed by atoms with Gasteiger partial charge in [0.15, 0.2) is 6.04 Å². The number of ether oxygens (including phenoxy) is 1. The van der Waals surface area contributed by atoms with Gasteiger partial charge in [-0.3, -0.25) is 4.79 Å². The standard InChI is InChI=1S/C18H26N2O6S/c1-12-3-7-14(8-4-12)20-27(24,25)11-16(21)19-17(18(22)23)13-5-9-15(26-2)10-6-13/h5-6,9-10,12,14,17,20H,3-4,7-8,11H2,1-2H3,(H,19,21)(H,22,23). The van der Waals surface area contributed by atoms with Crippen molar-refractivity contribution in [2.24, 2.45) is 5.92 Å². The van der Waals surface area contributed by atoms with E-state index in [1.54, 1.807) is 12.1 Å². The van der Waals surface area contributed by atoms with E-state index in [2.05, 4.69) is 17.0 Å². The first-order valence-electron chi connectivity index (χ1n) is 8.86. The van der Waals surface area contributed by atoms with E-state index in [1.807, 2.05) is 0 Å². The molecule has 1 aromatic carbocycles. The highest BCUT2D eigenvalue weighted by molar-refractivity contribution is 7.90. The Morgan fingerprint density at radius 2 is 1.78 bits per heavy atom. The van der Waals surface area contributed by atoms with Gasteiger partial charge in [-0.15, -0.1) is 0 Å². The summed E-state index contributed by atoms with van der Waals surface area (Å²) < 4.78 is 32.0. The molecule has 1 atom stereocenters. The quantitative estimate of drug-likeness (QED) is 0.609. The fourth-order valence-corrected chi connectivity index (χ4v) is 4.39. The minimum atomic E-state index is -3.84. The molecule has 0 aromatic heterocycles. The van der Waals surface area contributed by atoms with Gasteiger partial charge in [0.05, 0.1) is 7.11 Å². The summed E-state index contributed by atoms with van der Waals surface area (Å²) in [5.74, 6) is -1.83. The molecule has 3 N–H and O–H groups in total. The number of hydrogen-bond acceptors (Lipinski definition) is 5. The van der Waals surface area contributed by atoms with Gasteiger partial charge in [-0.25, -0.2) is 17.9 Å². The molecule has 8 nitrogen and oxygen atoms in total. The third-order valence-corrected chi connectivity index (χ3v) is 6.02. The molecule has 1 aromatic rings. The second kappa shape index (κ2) is 9.18. The number of carbonyl (C=O) groups excluding carboxylic acids is 1. The first kappa shape index (κ1) is 21.2. The van der Waals surface area contributed by atoms with Crippen LogP contribution in [0.1, 0.15) is 44.2 Å². The van der Waals surface area contributed by atoms with Crippen molar-refractivity contribution in [3.05, 3.63) is 29.8 Å². The molecule has 150 valence electrons. The second-order valence-electron chi connectivity index (χ2n) is 6.95. The lowest BCUT2D eigenvalue weighted by molar-refractivity contribution is -0.141. The van der Waals surface area contributed by atoms with Crippen LogP contribution in [-0.2, 0) is 19.6 Å². The van der Waals surface area contributed by atoms with Gasteiger partial charge in [0, 0.05) is 6.04 Å². The van der Waals surface area contributed by atoms with Gasteiger partial charge in [-0.2, -0.15) is 0 Å². The number of methoxy groups -OCH3 is 1. The Morgan fingerprint density at radius 3 is 2.30 bits per heavy atom. The number of amides is 1. The van der Waals surface area contributed by atoms with Crippen LogP contribution in [0.2, 0.25) is 0 Å². The topological polar surface area (TPSA) is 122 Å². The molecule has 0 radical (unpaired) electrons. The smallest absolute Gasteiger partial charge is 0.330 e. The Bertz CT molecular complexity index is 755. The lowest BCUT2D eigenvalue weighted by atomic mass is 9.88. The van der Waals surface area contributed by atoms with Crippen molar-refractivity contribution < 1.29 is 27.9 Å². The average Bonchev–Trinajstić information content (AvgIpc) is 2.61. The van der Waals surface area contributed by atoms with E-state index in [9.17, 15) is 23.1 Å². The molecule has 1 saturated carbocycles. The second-order valence-corrected chi connectivity index (χ2v) is 8.70. The minimum absolute atomic E-state index is 0.171. The molecule has 9 heteroatoms. The molecule has 1 aliphatic carbocycles. The number of carboxylic acid groups (broad SMARTS) is 1. The highest BCUT2D eigenvalue weighted by Crippen LogP contribution is 2.24. The van der Waals surface area contributed by atoms with Crippen molar-refractivity contribution in [3.8, 4) is 5.75 Å². The van der Waals surface area contributed by atoms with Gasteiger partial charge < -0.3 is 15.2 Å². The van der Waals surface area contributed by atoms with Crippen LogP contribution in [0.3, 0.4) is 0 Å². The van der Waals surface area contributed by atoms with E-state index in [0.717, 1.165) is 25.7 Å². The largest absolute Gasteiger partial charge is 0.497 e. The first-order chi connectivity index (χ1) is 12.7. The van der Waals surface area contributed by atoms with Crippen molar-refractivity contribution in [2.75, 3.05) is 12.9 Å². The molecule has 2 rings (SSSR count). The van der Waals surface area contributed by atoms with E-state index in [4.69, 9.17) is 4.74 Å². The molecular formula is C18H26N2O6S. The van der Waals surface area contributed by atoms with Gasteiger partial charge in [0.1, 0.15) is 11.5 Å². The monoisotopic (exact) mass is 398 g/mol. The fourth-order valence-electron chi connectivity index (χ4n) is 3.13. The minimum Gasteiger partial charge on any atom is -0.497 e. The molecule has 27 heavy (non-hydrogen) atoms. The van der Waals surface area contributed by atoms with Crippen molar-refractivity contribution >= 4 is 21.9 Å². The van der Waals surface area contributed by atoms with Crippen LogP contribution >= 0.6 is 0 Å². The van der Waals surface area contributed by atoms with Crippen LogP contribution in [0.4, 0.5) is 0 Å². The molecule has 1 aliphatic rings. The molecule has 1 amide bonds. The number of hydrogen-bond donors (Lipinski definition) is 3. The van der Waals surface area contributed by atoms with Crippen LogP contribution in [-0.4, -0.2) is 44.3 Å². The van der Waals surface area contributed by atoms with E-state index < -0.39 is 33.7 Å². The summed E-state index contributed by atoms with van der Waals surface area (Å²) >= 11 is 0. The normalized spacial score (nSPS) is 21.3. The highest BCUT2D eigenvalue weighted by atomic mass is 32.2. The van der Waals surface area contributed by atoms with Crippen molar-refractivity contribution in [1.29, 1.82) is 0 Å². The van der Waals surface area contributed by atoms with Gasteiger partial charge in [0.2, 0.25) is 15.9 Å². The van der Waals surface area contributed by atoms with Crippen LogP contribution in [0.25, 0.3) is 0 Å². The fraction of sp³-hybridized carbons (Fsp3) is 0.556. The summed E-state index contributed by atoms with van der Waals surface area (Å²) in [6.07, 6.45) is 3.37. The molecule has 0 aliphatic heterocycles. The van der Waals surface area contributed by atoms with Crippen LogP contribution in [0.5, 0.6) is 5.75 Å². The zero-order valence-electron chi connectivity index (χ0n) is 15.5. The van der Waals surface area contributed by atoms with Crippen molar-refractivity contribution in [1.82, 2.24) is 10.0 Å². The molecular weight excluding hydrogens is 372 g/mol. The molecule has 0 bridgehead atoms. The Morgan fingerprint density at radius 1 is 1.19 bits per heavy atom. The number of rotatable bonds is 8. The summed E-state index contributed by atoms with van der Waals surface area (Å²) in [4.78, 5) is 23.6. The number of carbonyl (C=O) groups is 2. The predicted molar refractivity (Wildman–Crippen MR) is 99.9 cm³/mol. The SMILES string of the molecule is COc1ccc(C(NC(=O)CS(=O)(=O)NC2CCC(C)CC2)C(=O)O)cc1. The number of benzene rings is 1. The van der Waals surface area contributed by atoms with Crippen LogP contribution < -0.4 is 14.8 Å². The summed E-state index contributed by atoms with van der Waals surface area (Å²) in [5, 5.41) is 11.6. The maximum Gasteiger partial charge on any atom is 0.330 e. The lowest BCUT2D eigenvalue weighted by Gasteiger charge is -2.26. The first-order valence-corrected chi connectivity index (χ1v) is 10.5.